The van der Waals surface area contributed by atoms with Crippen LogP contribution >= 0.6 is 11.9 Å². The first-order valence-corrected chi connectivity index (χ1v) is 3.33. The molecule has 0 fully saturated rings. The maximum atomic E-state index is 9.95. The van der Waals surface area contributed by atoms with Gasteiger partial charge in [-0.1, -0.05) is 0 Å². The van der Waals surface area contributed by atoms with E-state index in [4.69, 9.17) is 0 Å². The zero-order valence-electron chi connectivity index (χ0n) is 3.76. The summed E-state index contributed by atoms with van der Waals surface area (Å²) in [4.78, 5) is 0. The van der Waals surface area contributed by atoms with Crippen LogP contribution in [0.25, 0.3) is 0 Å². The largest absolute Gasteiger partial charge is 0.326 e. The van der Waals surface area contributed by atoms with Crippen molar-refractivity contribution < 1.29 is 28.9 Å². The SMILES string of the molecule is [CH2-]CS(=O)(=O)OCl.[Co]. The molecule has 0 heterocycles. The summed E-state index contributed by atoms with van der Waals surface area (Å²) in [6, 6.07) is 0. The second kappa shape index (κ2) is 4.57. The first-order valence-electron chi connectivity index (χ1n) is 1.44. The Balaban J connectivity index is 0. The maximum absolute atomic E-state index is 9.95. The molecule has 0 saturated carbocycles. The molecule has 8 heavy (non-hydrogen) atoms. The van der Waals surface area contributed by atoms with Crippen molar-refractivity contribution in [3.8, 4) is 0 Å². The third-order valence-electron chi connectivity index (χ3n) is 0.346. The fourth-order valence-corrected chi connectivity index (χ4v) is 0.283. The van der Waals surface area contributed by atoms with Crippen LogP contribution in [0.2, 0.25) is 0 Å². The van der Waals surface area contributed by atoms with E-state index >= 15 is 0 Å². The molecule has 0 N–H and O–H groups in total. The van der Waals surface area contributed by atoms with Crippen molar-refractivity contribution >= 4 is 22.0 Å². The Morgan fingerprint density at radius 1 is 1.62 bits per heavy atom. The zero-order valence-corrected chi connectivity index (χ0v) is 6.37. The first kappa shape index (κ1) is 11.5. The van der Waals surface area contributed by atoms with E-state index < -0.39 is 10.1 Å². The van der Waals surface area contributed by atoms with Crippen molar-refractivity contribution in [2.45, 2.75) is 0 Å². The van der Waals surface area contributed by atoms with Crippen molar-refractivity contribution in [3.05, 3.63) is 6.92 Å². The third kappa shape index (κ3) is 4.86. The monoisotopic (exact) mass is 202 g/mol. The minimum atomic E-state index is -3.50. The Bertz CT molecular complexity index is 120. The molecule has 1 radical (unpaired) electrons. The summed E-state index contributed by atoms with van der Waals surface area (Å²) in [6.07, 6.45) is 0. The average Bonchev–Trinajstić information content (AvgIpc) is 1.68. The zero-order chi connectivity index (χ0) is 5.91. The molecule has 0 aliphatic rings. The van der Waals surface area contributed by atoms with Crippen LogP contribution < -0.4 is 0 Å². The molecule has 0 unspecified atom stereocenters. The van der Waals surface area contributed by atoms with Gasteiger partial charge in [0.1, 0.15) is 0 Å². The van der Waals surface area contributed by atoms with Gasteiger partial charge >= 0.3 is 0 Å². The molecule has 0 aliphatic carbocycles. The molecule has 0 aromatic heterocycles. The molecular formula is C2H4ClCoO3S-. The van der Waals surface area contributed by atoms with Gasteiger partial charge in [-0.25, -0.2) is 8.42 Å². The van der Waals surface area contributed by atoms with Crippen molar-refractivity contribution in [2.24, 2.45) is 0 Å². The van der Waals surface area contributed by atoms with Gasteiger partial charge in [-0.3, -0.25) is 0 Å². The standard InChI is InChI=1S/C2H4ClO3S.Co/c1-2-7(4,5)6-3;/h1-2H2;/q-1;. The van der Waals surface area contributed by atoms with Crippen LogP contribution in [0.4, 0.5) is 0 Å². The van der Waals surface area contributed by atoms with Crippen LogP contribution in [0, 0.1) is 6.92 Å². The Kier molecular flexibility index (Phi) is 6.57. The van der Waals surface area contributed by atoms with Gasteiger partial charge in [-0.2, -0.15) is 3.74 Å². The summed E-state index contributed by atoms with van der Waals surface area (Å²) >= 11 is 4.47. The summed E-state index contributed by atoms with van der Waals surface area (Å²) < 4.78 is 23.4. The molecule has 0 saturated heterocycles. The van der Waals surface area contributed by atoms with Crippen molar-refractivity contribution in [3.63, 3.8) is 0 Å². The van der Waals surface area contributed by atoms with Crippen LogP contribution in [0.1, 0.15) is 0 Å². The van der Waals surface area contributed by atoms with Gasteiger partial charge in [0.15, 0.2) is 0 Å². The van der Waals surface area contributed by atoms with Gasteiger partial charge in [0, 0.05) is 16.8 Å². The maximum Gasteiger partial charge on any atom is 0.254 e. The van der Waals surface area contributed by atoms with E-state index in [1.54, 1.807) is 0 Å². The number of hydrogen-bond acceptors (Lipinski definition) is 3. The Morgan fingerprint density at radius 3 is 2.00 bits per heavy atom. The minimum Gasteiger partial charge on any atom is -0.326 e. The second-order valence-corrected chi connectivity index (χ2v) is 2.85. The van der Waals surface area contributed by atoms with E-state index in [-0.39, 0.29) is 22.5 Å². The molecule has 0 aromatic rings. The third-order valence-corrected chi connectivity index (χ3v) is 1.61. The molecule has 6 heteroatoms. The Labute approximate surface area is 63.8 Å². The molecule has 3 nitrogen and oxygen atoms in total. The van der Waals surface area contributed by atoms with Crippen LogP contribution in [-0.2, 0) is 30.6 Å². The average molecular weight is 203 g/mol. The number of rotatable bonds is 2. The predicted octanol–water partition coefficient (Wildman–Crippen LogP) is 0.318. The molecule has 0 spiro atoms. The fraction of sp³-hybridized carbons (Fsp3) is 0.500. The number of hydrogen-bond donors (Lipinski definition) is 0. The number of halogens is 1. The molecule has 0 aliphatic heterocycles. The van der Waals surface area contributed by atoms with Gasteiger partial charge in [0.25, 0.3) is 10.1 Å². The summed E-state index contributed by atoms with van der Waals surface area (Å²) in [5.74, 6) is -0.337. The normalized spacial score (nSPS) is 10.2. The fourth-order valence-electron chi connectivity index (χ4n) is 0.0315. The first-order chi connectivity index (χ1) is 3.12. The van der Waals surface area contributed by atoms with Crippen molar-refractivity contribution in [1.82, 2.24) is 0 Å². The predicted molar refractivity (Wildman–Crippen MR) is 26.1 cm³/mol. The quantitative estimate of drug-likeness (QED) is 0.606. The van der Waals surface area contributed by atoms with Crippen LogP contribution in [0.15, 0.2) is 0 Å². The smallest absolute Gasteiger partial charge is 0.254 e. The summed E-state index contributed by atoms with van der Waals surface area (Å²) in [7, 11) is -3.50. The molecule has 0 amide bonds. The molecular weight excluding hydrogens is 198 g/mol. The van der Waals surface area contributed by atoms with E-state index in [2.05, 4.69) is 22.5 Å². The minimum absolute atomic E-state index is 0. The molecule has 0 aromatic carbocycles. The van der Waals surface area contributed by atoms with Gasteiger partial charge in [-0.05, 0) is 5.75 Å². The van der Waals surface area contributed by atoms with Gasteiger partial charge < -0.3 is 6.92 Å². The van der Waals surface area contributed by atoms with Crippen molar-refractivity contribution in [2.75, 3.05) is 5.75 Å². The molecule has 0 rings (SSSR count). The van der Waals surface area contributed by atoms with Crippen molar-refractivity contribution in [1.29, 1.82) is 0 Å². The van der Waals surface area contributed by atoms with E-state index in [0.717, 1.165) is 0 Å². The second-order valence-electron chi connectivity index (χ2n) is 0.825. The summed E-state index contributed by atoms with van der Waals surface area (Å²) in [5, 5.41) is 0. The van der Waals surface area contributed by atoms with Crippen LogP contribution in [-0.4, -0.2) is 14.2 Å². The Hall–Kier alpha value is 0.706. The molecule has 0 bridgehead atoms. The summed E-state index contributed by atoms with van der Waals surface area (Å²) in [5.41, 5.74) is 0. The topological polar surface area (TPSA) is 43.4 Å². The van der Waals surface area contributed by atoms with Gasteiger partial charge in [0.05, 0.1) is 11.9 Å². The van der Waals surface area contributed by atoms with E-state index in [9.17, 15) is 8.42 Å². The summed E-state index contributed by atoms with van der Waals surface area (Å²) in [6.45, 7) is 3.03. The van der Waals surface area contributed by atoms with Crippen LogP contribution in [0.5, 0.6) is 0 Å². The molecule has 53 valence electrons. The van der Waals surface area contributed by atoms with E-state index in [1.807, 2.05) is 0 Å². The van der Waals surface area contributed by atoms with E-state index in [0.29, 0.717) is 0 Å². The Morgan fingerprint density at radius 2 is 2.00 bits per heavy atom. The van der Waals surface area contributed by atoms with Gasteiger partial charge in [0.2, 0.25) is 0 Å². The molecule has 0 atom stereocenters. The van der Waals surface area contributed by atoms with Gasteiger partial charge in [-0.15, -0.1) is 0 Å². The van der Waals surface area contributed by atoms with E-state index in [1.165, 1.54) is 0 Å². The van der Waals surface area contributed by atoms with Crippen LogP contribution in [0.3, 0.4) is 0 Å².